The second-order valence-electron chi connectivity index (χ2n) is 6.73. The number of hydrogen-bond acceptors (Lipinski definition) is 4. The first-order valence-corrected chi connectivity index (χ1v) is 9.56. The fourth-order valence-electron chi connectivity index (χ4n) is 3.57. The normalized spacial score (nSPS) is 14.8. The van der Waals surface area contributed by atoms with E-state index >= 15 is 0 Å². The van der Waals surface area contributed by atoms with Gasteiger partial charge >= 0.3 is 0 Å². The van der Waals surface area contributed by atoms with E-state index in [4.69, 9.17) is 16.6 Å². The van der Waals surface area contributed by atoms with Gasteiger partial charge in [-0.25, -0.2) is 9.97 Å². The number of carbonyl (C=O) groups is 1. The van der Waals surface area contributed by atoms with Gasteiger partial charge in [0.05, 0.1) is 16.1 Å². The second-order valence-corrected chi connectivity index (χ2v) is 7.13. The van der Waals surface area contributed by atoms with Gasteiger partial charge in [0.2, 0.25) is 5.91 Å². The number of aromatic nitrogens is 3. The van der Waals surface area contributed by atoms with Gasteiger partial charge in [-0.05, 0) is 18.2 Å². The summed E-state index contributed by atoms with van der Waals surface area (Å²) in [5, 5.41) is 0.581. The molecule has 0 bridgehead atoms. The number of rotatable bonds is 3. The highest BCUT2D eigenvalue weighted by Gasteiger charge is 2.22. The Balaban J connectivity index is 1.64. The van der Waals surface area contributed by atoms with E-state index in [2.05, 4.69) is 14.5 Å². The SMILES string of the molecule is CCC(=O)N1CCN(c2cc(-c3nc4ccccc4n3C)c(Cl)cn2)CC1. The zero-order valence-electron chi connectivity index (χ0n) is 15.5. The van der Waals surface area contributed by atoms with Crippen molar-refractivity contribution >= 4 is 34.4 Å². The molecule has 1 fully saturated rings. The van der Waals surface area contributed by atoms with Gasteiger partial charge in [0.15, 0.2) is 0 Å². The number of nitrogens with zero attached hydrogens (tertiary/aromatic N) is 5. The molecule has 0 radical (unpaired) electrons. The molecule has 1 aliphatic heterocycles. The van der Waals surface area contributed by atoms with Gasteiger partial charge in [-0.1, -0.05) is 30.7 Å². The number of anilines is 1. The lowest BCUT2D eigenvalue weighted by Crippen LogP contribution is -2.48. The lowest BCUT2D eigenvalue weighted by Gasteiger charge is -2.35. The predicted octanol–water partition coefficient (Wildman–Crippen LogP) is 3.35. The van der Waals surface area contributed by atoms with Crippen LogP contribution in [0.2, 0.25) is 5.02 Å². The molecule has 1 aromatic carbocycles. The van der Waals surface area contributed by atoms with Crippen LogP contribution in [0.5, 0.6) is 0 Å². The van der Waals surface area contributed by atoms with E-state index < -0.39 is 0 Å². The van der Waals surface area contributed by atoms with Crippen molar-refractivity contribution in [3.05, 3.63) is 41.6 Å². The Morgan fingerprint density at radius 3 is 2.63 bits per heavy atom. The molecule has 4 rings (SSSR count). The number of amides is 1. The van der Waals surface area contributed by atoms with Gasteiger partial charge in [0.1, 0.15) is 11.6 Å². The van der Waals surface area contributed by atoms with E-state index in [1.54, 1.807) is 6.20 Å². The number of aryl methyl sites for hydroxylation is 1. The van der Waals surface area contributed by atoms with Crippen LogP contribution in [0.25, 0.3) is 22.4 Å². The first-order valence-electron chi connectivity index (χ1n) is 9.18. The molecule has 1 aliphatic rings. The maximum Gasteiger partial charge on any atom is 0.222 e. The number of hydrogen-bond donors (Lipinski definition) is 0. The van der Waals surface area contributed by atoms with Crippen LogP contribution in [-0.4, -0.2) is 51.5 Å². The van der Waals surface area contributed by atoms with Crippen molar-refractivity contribution in [1.29, 1.82) is 0 Å². The molecular formula is C20H22ClN5O. The number of pyridine rings is 1. The highest BCUT2D eigenvalue weighted by Crippen LogP contribution is 2.32. The molecule has 0 atom stereocenters. The third-order valence-corrected chi connectivity index (χ3v) is 5.43. The van der Waals surface area contributed by atoms with Gasteiger partial charge in [0.25, 0.3) is 0 Å². The van der Waals surface area contributed by atoms with Crippen LogP contribution in [0.3, 0.4) is 0 Å². The highest BCUT2D eigenvalue weighted by atomic mass is 35.5. The van der Waals surface area contributed by atoms with Gasteiger partial charge in [0, 0.05) is 51.4 Å². The van der Waals surface area contributed by atoms with Gasteiger partial charge in [-0.3, -0.25) is 4.79 Å². The molecule has 0 saturated carbocycles. The van der Waals surface area contributed by atoms with E-state index in [-0.39, 0.29) is 5.91 Å². The molecule has 6 nitrogen and oxygen atoms in total. The van der Waals surface area contributed by atoms with Crippen LogP contribution < -0.4 is 4.90 Å². The molecule has 2 aromatic heterocycles. The molecule has 0 unspecified atom stereocenters. The summed E-state index contributed by atoms with van der Waals surface area (Å²) >= 11 is 6.47. The molecule has 1 saturated heterocycles. The number of fused-ring (bicyclic) bond motifs is 1. The minimum Gasteiger partial charge on any atom is -0.353 e. The van der Waals surface area contributed by atoms with Crippen LogP contribution in [0, 0.1) is 0 Å². The molecule has 3 aromatic rings. The standard InChI is InChI=1S/C20H22ClN5O/c1-3-19(27)26-10-8-25(9-11-26)18-12-14(15(21)13-22-18)20-23-16-6-4-5-7-17(16)24(20)2/h4-7,12-13H,3,8-11H2,1-2H3. The topological polar surface area (TPSA) is 54.3 Å². The zero-order chi connectivity index (χ0) is 19.0. The molecular weight excluding hydrogens is 362 g/mol. The van der Waals surface area contributed by atoms with Crippen molar-refractivity contribution in [3.8, 4) is 11.4 Å². The molecule has 7 heteroatoms. The Bertz CT molecular complexity index is 991. The monoisotopic (exact) mass is 383 g/mol. The first kappa shape index (κ1) is 17.8. The van der Waals surface area contributed by atoms with Crippen molar-refractivity contribution in [2.45, 2.75) is 13.3 Å². The van der Waals surface area contributed by atoms with Crippen molar-refractivity contribution < 1.29 is 4.79 Å². The average Bonchev–Trinajstić information content (AvgIpc) is 3.04. The maximum atomic E-state index is 11.9. The molecule has 1 amide bonds. The lowest BCUT2D eigenvalue weighted by molar-refractivity contribution is -0.131. The lowest BCUT2D eigenvalue weighted by atomic mass is 10.2. The van der Waals surface area contributed by atoms with Gasteiger partial charge in [-0.15, -0.1) is 0 Å². The van der Waals surface area contributed by atoms with Gasteiger partial charge < -0.3 is 14.4 Å². The summed E-state index contributed by atoms with van der Waals surface area (Å²) in [6, 6.07) is 10.0. The smallest absolute Gasteiger partial charge is 0.222 e. The third kappa shape index (κ3) is 3.25. The largest absolute Gasteiger partial charge is 0.353 e. The molecule has 0 N–H and O–H groups in total. The Hall–Kier alpha value is -2.60. The summed E-state index contributed by atoms with van der Waals surface area (Å²) in [7, 11) is 2.00. The zero-order valence-corrected chi connectivity index (χ0v) is 16.3. The molecule has 140 valence electrons. The second kappa shape index (κ2) is 7.19. The summed E-state index contributed by atoms with van der Waals surface area (Å²) < 4.78 is 2.05. The highest BCUT2D eigenvalue weighted by molar-refractivity contribution is 6.33. The summed E-state index contributed by atoms with van der Waals surface area (Å²) in [6.07, 6.45) is 2.24. The first-order chi connectivity index (χ1) is 13.1. The summed E-state index contributed by atoms with van der Waals surface area (Å²) in [6.45, 7) is 4.88. The number of piperazine rings is 1. The van der Waals surface area contributed by atoms with Crippen molar-refractivity contribution in [3.63, 3.8) is 0 Å². The molecule has 0 aliphatic carbocycles. The fourth-order valence-corrected chi connectivity index (χ4v) is 3.75. The van der Waals surface area contributed by atoms with Crippen molar-refractivity contribution in [2.75, 3.05) is 31.1 Å². The van der Waals surface area contributed by atoms with Crippen LogP contribution in [0.4, 0.5) is 5.82 Å². The molecule has 3 heterocycles. The summed E-state index contributed by atoms with van der Waals surface area (Å²) in [5.74, 6) is 1.90. The van der Waals surface area contributed by atoms with E-state index in [0.717, 1.165) is 54.4 Å². The van der Waals surface area contributed by atoms with E-state index in [0.29, 0.717) is 11.4 Å². The van der Waals surface area contributed by atoms with Gasteiger partial charge in [-0.2, -0.15) is 0 Å². The predicted molar refractivity (Wildman–Crippen MR) is 108 cm³/mol. The van der Waals surface area contributed by atoms with Crippen molar-refractivity contribution in [2.24, 2.45) is 7.05 Å². The number of carbonyl (C=O) groups excluding carboxylic acids is 1. The number of benzene rings is 1. The van der Waals surface area contributed by atoms with Crippen LogP contribution >= 0.6 is 11.6 Å². The van der Waals surface area contributed by atoms with E-state index in [1.807, 2.05) is 49.2 Å². The third-order valence-electron chi connectivity index (χ3n) is 5.13. The minimum atomic E-state index is 0.208. The van der Waals surface area contributed by atoms with Crippen molar-refractivity contribution in [1.82, 2.24) is 19.4 Å². The summed E-state index contributed by atoms with van der Waals surface area (Å²) in [5.41, 5.74) is 2.87. The van der Waals surface area contributed by atoms with Crippen LogP contribution in [-0.2, 0) is 11.8 Å². The molecule has 0 spiro atoms. The quantitative estimate of drug-likeness (QED) is 0.696. The minimum absolute atomic E-state index is 0.208. The summed E-state index contributed by atoms with van der Waals surface area (Å²) in [4.78, 5) is 25.3. The van der Waals surface area contributed by atoms with E-state index in [9.17, 15) is 4.79 Å². The van der Waals surface area contributed by atoms with Crippen LogP contribution in [0.1, 0.15) is 13.3 Å². The average molecular weight is 384 g/mol. The number of para-hydroxylation sites is 2. The Morgan fingerprint density at radius 1 is 1.19 bits per heavy atom. The number of halogens is 1. The number of imidazole rings is 1. The Kier molecular flexibility index (Phi) is 4.74. The molecule has 27 heavy (non-hydrogen) atoms. The Labute approximate surface area is 163 Å². The van der Waals surface area contributed by atoms with Crippen LogP contribution in [0.15, 0.2) is 36.5 Å². The maximum absolute atomic E-state index is 11.9. The van der Waals surface area contributed by atoms with E-state index in [1.165, 1.54) is 0 Å². The fraction of sp³-hybridized carbons (Fsp3) is 0.350. The Morgan fingerprint density at radius 2 is 1.93 bits per heavy atom.